The summed E-state index contributed by atoms with van der Waals surface area (Å²) in [7, 11) is 2.41. The molecule has 0 aliphatic carbocycles. The van der Waals surface area contributed by atoms with Crippen LogP contribution in [0.1, 0.15) is 0 Å². The Hall–Kier alpha value is -2.02. The molecule has 0 fully saturated rings. The van der Waals surface area contributed by atoms with E-state index in [1.165, 1.54) is 21.6 Å². The van der Waals surface area contributed by atoms with Crippen molar-refractivity contribution < 1.29 is 29.4 Å². The van der Waals surface area contributed by atoms with E-state index in [-0.39, 0.29) is 11.5 Å². The number of carbonyl (C=O) groups is 4. The van der Waals surface area contributed by atoms with Gasteiger partial charge in [-0.05, 0) is 12.2 Å². The van der Waals surface area contributed by atoms with Crippen LogP contribution in [0.15, 0.2) is 25.3 Å². The number of nitrogens with two attached hydrogens (primary N) is 4. The number of amides is 2. The average Bonchev–Trinajstić information content (AvgIpc) is 2.51. The first-order valence-electron chi connectivity index (χ1n) is 6.04. The van der Waals surface area contributed by atoms with Crippen molar-refractivity contribution in [3.8, 4) is 0 Å². The molecule has 0 heterocycles. The highest BCUT2D eigenvalue weighted by atomic mass is 33.1. The minimum atomic E-state index is -1.07. The molecule has 138 valence electrons. The topological polar surface area (TPSA) is 213 Å². The van der Waals surface area contributed by atoms with E-state index in [0.29, 0.717) is 0 Å². The summed E-state index contributed by atoms with van der Waals surface area (Å²) < 4.78 is 0. The maximum atomic E-state index is 10.3. The van der Waals surface area contributed by atoms with Crippen LogP contribution in [0.4, 0.5) is 0 Å². The molecule has 0 spiro atoms. The third-order valence-electron chi connectivity index (χ3n) is 1.62. The second kappa shape index (κ2) is 17.3. The van der Waals surface area contributed by atoms with Crippen molar-refractivity contribution >= 4 is 45.3 Å². The Balaban J connectivity index is -0.000000361. The summed E-state index contributed by atoms with van der Waals surface area (Å²) in [6.45, 7) is 6.17. The van der Waals surface area contributed by atoms with Gasteiger partial charge < -0.3 is 33.1 Å². The van der Waals surface area contributed by atoms with E-state index in [2.05, 4.69) is 24.6 Å². The third kappa shape index (κ3) is 25.0. The quantitative estimate of drug-likeness (QED) is 0.154. The molecule has 10 nitrogen and oxygen atoms in total. The Bertz CT molecular complexity index is 407. The fraction of sp³-hybridized carbons (Fsp3) is 0.333. The molecule has 0 bridgehead atoms. The second-order valence-electron chi connectivity index (χ2n) is 3.67. The molecule has 0 aromatic heterocycles. The number of rotatable bonds is 9. The molecule has 0 radical (unpaired) electrons. The number of hydrogen-bond acceptors (Lipinski definition) is 8. The molecule has 10 N–H and O–H groups in total. The number of hydrogen-bond donors (Lipinski definition) is 6. The molecule has 0 aliphatic rings. The van der Waals surface area contributed by atoms with Gasteiger partial charge in [0.25, 0.3) is 0 Å². The predicted molar refractivity (Wildman–Crippen MR) is 94.9 cm³/mol. The van der Waals surface area contributed by atoms with E-state index in [4.69, 9.17) is 21.7 Å². The van der Waals surface area contributed by atoms with Crippen molar-refractivity contribution in [3.63, 3.8) is 0 Å². The van der Waals surface area contributed by atoms with Crippen LogP contribution in [-0.4, -0.2) is 57.6 Å². The molecule has 12 heteroatoms. The summed E-state index contributed by atoms with van der Waals surface area (Å²) in [5.74, 6) is -2.64. The van der Waals surface area contributed by atoms with Gasteiger partial charge in [0, 0.05) is 11.5 Å². The number of carboxylic acids is 2. The summed E-state index contributed by atoms with van der Waals surface area (Å²) in [5, 5.41) is 16.8. The summed E-state index contributed by atoms with van der Waals surface area (Å²) in [4.78, 5) is 39.5. The molecular weight excluding hydrogens is 360 g/mol. The van der Waals surface area contributed by atoms with Gasteiger partial charge in [-0.1, -0.05) is 34.7 Å². The largest absolute Gasteiger partial charge is 0.480 e. The van der Waals surface area contributed by atoms with Crippen molar-refractivity contribution in [1.82, 2.24) is 0 Å². The van der Waals surface area contributed by atoms with Crippen LogP contribution in [0.5, 0.6) is 0 Å². The Morgan fingerprint density at radius 3 is 1.17 bits per heavy atom. The average molecular weight is 382 g/mol. The maximum absolute atomic E-state index is 10.3. The first-order valence-corrected chi connectivity index (χ1v) is 8.53. The zero-order valence-corrected chi connectivity index (χ0v) is 14.4. The standard InChI is InChI=1S/C6H12N2O4S2.2C3H5NO/c7-3(5(9)10)1-13-14-2-4(8)6(11)12;2*1-2-3(4)5/h3-4H,1-2,7-8H2,(H,9,10)(H,11,12);2*2H,1H2,(H2,4,5)/t3-,4-;;/m0../s1. The molecule has 0 unspecified atom stereocenters. The van der Waals surface area contributed by atoms with E-state index in [0.717, 1.165) is 12.2 Å². The van der Waals surface area contributed by atoms with Crippen molar-refractivity contribution in [2.45, 2.75) is 12.1 Å². The first-order chi connectivity index (χ1) is 11.0. The van der Waals surface area contributed by atoms with Crippen LogP contribution in [-0.2, 0) is 19.2 Å². The molecule has 2 atom stereocenters. The minimum Gasteiger partial charge on any atom is -0.480 e. The lowest BCUT2D eigenvalue weighted by Crippen LogP contribution is -2.33. The zero-order chi connectivity index (χ0) is 19.7. The Morgan fingerprint density at radius 1 is 0.833 bits per heavy atom. The molecule has 0 aromatic rings. The van der Waals surface area contributed by atoms with Crippen LogP contribution < -0.4 is 22.9 Å². The normalized spacial score (nSPS) is 11.2. The van der Waals surface area contributed by atoms with E-state index in [9.17, 15) is 19.2 Å². The predicted octanol–water partition coefficient (Wildman–Crippen LogP) is -1.49. The van der Waals surface area contributed by atoms with Gasteiger partial charge in [0.15, 0.2) is 0 Å². The summed E-state index contributed by atoms with van der Waals surface area (Å²) >= 11 is 0. The van der Waals surface area contributed by atoms with E-state index >= 15 is 0 Å². The lowest BCUT2D eigenvalue weighted by molar-refractivity contribution is -0.138. The fourth-order valence-corrected chi connectivity index (χ4v) is 2.61. The highest BCUT2D eigenvalue weighted by Crippen LogP contribution is 2.22. The van der Waals surface area contributed by atoms with Crippen molar-refractivity contribution in [2.75, 3.05) is 11.5 Å². The van der Waals surface area contributed by atoms with Gasteiger partial charge >= 0.3 is 11.9 Å². The molecule has 0 saturated carbocycles. The summed E-state index contributed by atoms with van der Waals surface area (Å²) in [6.07, 6.45) is 2.11. The highest BCUT2D eigenvalue weighted by molar-refractivity contribution is 8.76. The van der Waals surface area contributed by atoms with Gasteiger partial charge in [0.1, 0.15) is 12.1 Å². The zero-order valence-electron chi connectivity index (χ0n) is 12.8. The number of carbonyl (C=O) groups excluding carboxylic acids is 2. The van der Waals surface area contributed by atoms with E-state index in [1.54, 1.807) is 0 Å². The van der Waals surface area contributed by atoms with Gasteiger partial charge in [-0.3, -0.25) is 19.2 Å². The molecule has 0 saturated heterocycles. The molecule has 0 aromatic carbocycles. The molecule has 24 heavy (non-hydrogen) atoms. The summed E-state index contributed by atoms with van der Waals surface area (Å²) in [6, 6.07) is -1.85. The van der Waals surface area contributed by atoms with Gasteiger partial charge in [0.2, 0.25) is 11.8 Å². The van der Waals surface area contributed by atoms with Crippen LogP contribution in [0, 0.1) is 0 Å². The number of aliphatic carboxylic acids is 2. The first kappa shape index (κ1) is 26.9. The summed E-state index contributed by atoms with van der Waals surface area (Å²) in [5.41, 5.74) is 19.5. The highest BCUT2D eigenvalue weighted by Gasteiger charge is 2.14. The molecular formula is C12H22N4O6S2. The van der Waals surface area contributed by atoms with Crippen molar-refractivity contribution in [3.05, 3.63) is 25.3 Å². The van der Waals surface area contributed by atoms with Crippen LogP contribution in [0.25, 0.3) is 0 Å². The van der Waals surface area contributed by atoms with E-state index < -0.39 is 35.8 Å². The van der Waals surface area contributed by atoms with Gasteiger partial charge in [-0.15, -0.1) is 0 Å². The van der Waals surface area contributed by atoms with Crippen molar-refractivity contribution in [2.24, 2.45) is 22.9 Å². The lowest BCUT2D eigenvalue weighted by atomic mass is 10.4. The van der Waals surface area contributed by atoms with Crippen molar-refractivity contribution in [1.29, 1.82) is 0 Å². The lowest BCUT2D eigenvalue weighted by Gasteiger charge is -2.07. The molecule has 2 amide bonds. The Labute approximate surface area is 147 Å². The number of primary amides is 2. The van der Waals surface area contributed by atoms with Gasteiger partial charge in [-0.2, -0.15) is 0 Å². The Kier molecular flexibility index (Phi) is 19.4. The van der Waals surface area contributed by atoms with E-state index in [1.807, 2.05) is 0 Å². The van der Waals surface area contributed by atoms with Gasteiger partial charge in [-0.25, -0.2) is 0 Å². The Morgan fingerprint density at radius 2 is 1.04 bits per heavy atom. The SMILES string of the molecule is C=CC(N)=O.C=CC(N)=O.N[C@@H](CSSC[C@H](N)C(=O)O)C(=O)O. The molecule has 0 aliphatic heterocycles. The monoisotopic (exact) mass is 382 g/mol. The van der Waals surface area contributed by atoms with Crippen LogP contribution in [0.2, 0.25) is 0 Å². The smallest absolute Gasteiger partial charge is 0.321 e. The second-order valence-corrected chi connectivity index (χ2v) is 6.22. The van der Waals surface area contributed by atoms with Gasteiger partial charge in [0.05, 0.1) is 0 Å². The molecule has 0 rings (SSSR count). The fourth-order valence-electron chi connectivity index (χ4n) is 0.385. The minimum absolute atomic E-state index is 0.229. The third-order valence-corrected chi connectivity index (χ3v) is 4.09. The number of carboxylic acid groups (broad SMARTS) is 2. The maximum Gasteiger partial charge on any atom is 0.321 e. The van der Waals surface area contributed by atoms with Crippen LogP contribution in [0.3, 0.4) is 0 Å². The van der Waals surface area contributed by atoms with Crippen LogP contribution >= 0.6 is 21.6 Å².